The van der Waals surface area contributed by atoms with Crippen LogP contribution in [-0.2, 0) is 0 Å². The third-order valence-electron chi connectivity index (χ3n) is 3.85. The van der Waals surface area contributed by atoms with E-state index in [9.17, 15) is 0 Å². The van der Waals surface area contributed by atoms with Crippen molar-refractivity contribution in [3.05, 3.63) is 22.4 Å². The van der Waals surface area contributed by atoms with Crippen molar-refractivity contribution >= 4 is 11.3 Å². The van der Waals surface area contributed by atoms with Gasteiger partial charge in [0.25, 0.3) is 0 Å². The molecule has 2 N–H and O–H groups in total. The Morgan fingerprint density at radius 2 is 2.44 bits per heavy atom. The van der Waals surface area contributed by atoms with Crippen LogP contribution in [0.5, 0.6) is 0 Å². The number of thiophene rings is 1. The highest BCUT2D eigenvalue weighted by Gasteiger charge is 2.28. The van der Waals surface area contributed by atoms with Crippen molar-refractivity contribution in [2.75, 3.05) is 13.1 Å². The summed E-state index contributed by atoms with van der Waals surface area (Å²) in [5.41, 5.74) is 6.15. The minimum absolute atomic E-state index is 0.414. The van der Waals surface area contributed by atoms with E-state index in [0.717, 1.165) is 19.5 Å². The predicted octanol–water partition coefficient (Wildman–Crippen LogP) is 2.87. The first-order chi connectivity index (χ1) is 7.72. The van der Waals surface area contributed by atoms with E-state index < -0.39 is 0 Å². The van der Waals surface area contributed by atoms with E-state index in [4.69, 9.17) is 5.73 Å². The van der Waals surface area contributed by atoms with Gasteiger partial charge in [0.15, 0.2) is 0 Å². The predicted molar refractivity (Wildman–Crippen MR) is 70.7 cm³/mol. The smallest absolute Gasteiger partial charge is 0.0413 e. The molecule has 1 aromatic rings. The fourth-order valence-corrected chi connectivity index (χ4v) is 3.39. The summed E-state index contributed by atoms with van der Waals surface area (Å²) in [4.78, 5) is 4.06. The molecule has 2 heterocycles. The zero-order valence-electron chi connectivity index (χ0n) is 10.2. The minimum Gasteiger partial charge on any atom is -0.327 e. The molecule has 0 saturated carbocycles. The van der Waals surface area contributed by atoms with Gasteiger partial charge in [-0.25, -0.2) is 0 Å². The van der Waals surface area contributed by atoms with E-state index in [0.29, 0.717) is 18.0 Å². The molecule has 0 amide bonds. The van der Waals surface area contributed by atoms with E-state index in [1.165, 1.54) is 11.3 Å². The summed E-state index contributed by atoms with van der Waals surface area (Å²) in [5.74, 6) is 0.677. The Kier molecular flexibility index (Phi) is 4.00. The molecule has 0 radical (unpaired) electrons. The standard InChI is InChI=1S/C13H22N2S/c1-3-11-9-15(7-6-12(11)14)10(2)13-5-4-8-16-13/h4-5,8,10-12H,3,6-7,9,14H2,1-2H3. The average molecular weight is 238 g/mol. The molecule has 90 valence electrons. The van der Waals surface area contributed by atoms with Gasteiger partial charge in [0.1, 0.15) is 0 Å². The van der Waals surface area contributed by atoms with Crippen LogP contribution < -0.4 is 5.73 Å². The molecule has 0 aromatic carbocycles. The molecule has 0 spiro atoms. The van der Waals surface area contributed by atoms with Crippen molar-refractivity contribution in [3.8, 4) is 0 Å². The van der Waals surface area contributed by atoms with Crippen LogP contribution in [0, 0.1) is 5.92 Å². The van der Waals surface area contributed by atoms with Gasteiger partial charge in [-0.1, -0.05) is 19.4 Å². The normalized spacial score (nSPS) is 29.2. The van der Waals surface area contributed by atoms with Crippen LogP contribution in [0.1, 0.15) is 37.6 Å². The lowest BCUT2D eigenvalue weighted by atomic mass is 9.90. The van der Waals surface area contributed by atoms with Crippen molar-refractivity contribution in [1.29, 1.82) is 0 Å². The molecule has 3 heteroatoms. The Hall–Kier alpha value is -0.380. The summed E-state index contributed by atoms with van der Waals surface area (Å²) < 4.78 is 0. The second kappa shape index (κ2) is 5.30. The van der Waals surface area contributed by atoms with Crippen LogP contribution >= 0.6 is 11.3 Å². The summed E-state index contributed by atoms with van der Waals surface area (Å²) in [6.45, 7) is 6.88. The highest BCUT2D eigenvalue weighted by molar-refractivity contribution is 7.10. The van der Waals surface area contributed by atoms with E-state index in [2.05, 4.69) is 36.3 Å². The molecule has 1 aliphatic heterocycles. The molecule has 1 aliphatic rings. The molecule has 2 rings (SSSR count). The number of nitrogens with two attached hydrogens (primary N) is 1. The SMILES string of the molecule is CCC1CN(C(C)c2cccs2)CCC1N. The topological polar surface area (TPSA) is 29.3 Å². The second-order valence-electron chi connectivity index (χ2n) is 4.81. The van der Waals surface area contributed by atoms with E-state index >= 15 is 0 Å². The maximum absolute atomic E-state index is 6.15. The molecule has 1 aromatic heterocycles. The molecule has 0 bridgehead atoms. The number of hydrogen-bond acceptors (Lipinski definition) is 3. The number of hydrogen-bond donors (Lipinski definition) is 1. The molecule has 3 unspecified atom stereocenters. The third-order valence-corrected chi connectivity index (χ3v) is 4.89. The summed E-state index contributed by atoms with van der Waals surface area (Å²) in [6.07, 6.45) is 2.35. The maximum Gasteiger partial charge on any atom is 0.0413 e. The molecule has 1 fully saturated rings. The first-order valence-corrected chi connectivity index (χ1v) is 7.13. The van der Waals surface area contributed by atoms with Crippen LogP contribution in [0.15, 0.2) is 17.5 Å². The van der Waals surface area contributed by atoms with Gasteiger partial charge in [0, 0.05) is 30.1 Å². The summed E-state index contributed by atoms with van der Waals surface area (Å²) >= 11 is 1.86. The summed E-state index contributed by atoms with van der Waals surface area (Å²) in [7, 11) is 0. The Morgan fingerprint density at radius 3 is 3.06 bits per heavy atom. The summed E-state index contributed by atoms with van der Waals surface area (Å²) in [5, 5.41) is 2.17. The third kappa shape index (κ3) is 2.47. The maximum atomic E-state index is 6.15. The van der Waals surface area contributed by atoms with Gasteiger partial charge in [0.2, 0.25) is 0 Å². The quantitative estimate of drug-likeness (QED) is 0.877. The van der Waals surface area contributed by atoms with Crippen molar-refractivity contribution in [2.24, 2.45) is 11.7 Å². The average Bonchev–Trinajstić information content (AvgIpc) is 2.82. The van der Waals surface area contributed by atoms with Gasteiger partial charge < -0.3 is 5.73 Å². The molecular formula is C13H22N2S. The Morgan fingerprint density at radius 1 is 1.62 bits per heavy atom. The highest BCUT2D eigenvalue weighted by atomic mass is 32.1. The second-order valence-corrected chi connectivity index (χ2v) is 5.79. The Balaban J connectivity index is 2.00. The molecule has 16 heavy (non-hydrogen) atoms. The minimum atomic E-state index is 0.414. The van der Waals surface area contributed by atoms with Gasteiger partial charge in [-0.3, -0.25) is 4.90 Å². The largest absolute Gasteiger partial charge is 0.327 e. The van der Waals surface area contributed by atoms with Gasteiger partial charge in [-0.15, -0.1) is 11.3 Å². The zero-order chi connectivity index (χ0) is 11.5. The lowest BCUT2D eigenvalue weighted by molar-refractivity contribution is 0.116. The van der Waals surface area contributed by atoms with Gasteiger partial charge in [0.05, 0.1) is 0 Å². The van der Waals surface area contributed by atoms with Crippen molar-refractivity contribution in [2.45, 2.75) is 38.8 Å². The van der Waals surface area contributed by atoms with E-state index in [1.807, 2.05) is 11.3 Å². The van der Waals surface area contributed by atoms with Crippen LogP contribution in [0.25, 0.3) is 0 Å². The molecule has 0 aliphatic carbocycles. The number of likely N-dealkylation sites (tertiary alicyclic amines) is 1. The fraction of sp³-hybridized carbons (Fsp3) is 0.692. The Bertz CT molecular complexity index is 310. The lowest BCUT2D eigenvalue weighted by Gasteiger charge is -2.39. The van der Waals surface area contributed by atoms with Gasteiger partial charge >= 0.3 is 0 Å². The first kappa shape index (κ1) is 12.1. The summed E-state index contributed by atoms with van der Waals surface area (Å²) in [6, 6.07) is 5.35. The van der Waals surface area contributed by atoms with Crippen LogP contribution in [0.3, 0.4) is 0 Å². The molecule has 2 nitrogen and oxygen atoms in total. The Labute approximate surface area is 102 Å². The van der Waals surface area contributed by atoms with Gasteiger partial charge in [-0.05, 0) is 30.7 Å². The number of piperidine rings is 1. The molecule has 1 saturated heterocycles. The lowest BCUT2D eigenvalue weighted by Crippen LogP contribution is -2.47. The van der Waals surface area contributed by atoms with Crippen LogP contribution in [0.2, 0.25) is 0 Å². The van der Waals surface area contributed by atoms with Gasteiger partial charge in [-0.2, -0.15) is 0 Å². The number of nitrogens with zero attached hydrogens (tertiary/aromatic N) is 1. The van der Waals surface area contributed by atoms with Crippen molar-refractivity contribution in [1.82, 2.24) is 4.90 Å². The molecular weight excluding hydrogens is 216 g/mol. The number of rotatable bonds is 3. The van der Waals surface area contributed by atoms with E-state index in [1.54, 1.807) is 0 Å². The van der Waals surface area contributed by atoms with Crippen molar-refractivity contribution < 1.29 is 0 Å². The zero-order valence-corrected chi connectivity index (χ0v) is 11.0. The fourth-order valence-electron chi connectivity index (χ4n) is 2.57. The van der Waals surface area contributed by atoms with E-state index in [-0.39, 0.29) is 0 Å². The van der Waals surface area contributed by atoms with Crippen molar-refractivity contribution in [3.63, 3.8) is 0 Å². The highest BCUT2D eigenvalue weighted by Crippen LogP contribution is 2.29. The van der Waals surface area contributed by atoms with Crippen LogP contribution in [-0.4, -0.2) is 24.0 Å². The monoisotopic (exact) mass is 238 g/mol. The van der Waals surface area contributed by atoms with Crippen LogP contribution in [0.4, 0.5) is 0 Å². The molecule has 3 atom stereocenters. The first-order valence-electron chi connectivity index (χ1n) is 6.25.